The summed E-state index contributed by atoms with van der Waals surface area (Å²) in [5.74, 6) is -0.174. The van der Waals surface area contributed by atoms with Crippen molar-refractivity contribution in [3.8, 4) is 0 Å². The fourth-order valence-electron chi connectivity index (χ4n) is 1.14. The fraction of sp³-hybridized carbons (Fsp3) is 1.00. The van der Waals surface area contributed by atoms with Crippen molar-refractivity contribution in [1.29, 1.82) is 0 Å². The summed E-state index contributed by atoms with van der Waals surface area (Å²) < 4.78 is 29.1. The molecule has 5 heteroatoms. The lowest BCUT2D eigenvalue weighted by Gasteiger charge is -2.09. The third-order valence-electron chi connectivity index (χ3n) is 1.91. The van der Waals surface area contributed by atoms with E-state index in [1.54, 1.807) is 0 Å². The lowest BCUT2D eigenvalue weighted by molar-refractivity contribution is 0.474. The molecule has 0 aliphatic carbocycles. The minimum absolute atomic E-state index is 0.0710. The Morgan fingerprint density at radius 2 is 1.85 bits per heavy atom. The summed E-state index contributed by atoms with van der Waals surface area (Å²) in [5, 5.41) is 0. The van der Waals surface area contributed by atoms with Crippen LogP contribution < -0.4 is 5.73 Å². The molecule has 0 bridgehead atoms. The Labute approximate surface area is 80.3 Å². The predicted molar refractivity (Wildman–Crippen MR) is 53.2 cm³/mol. The van der Waals surface area contributed by atoms with Crippen LogP contribution in [0.1, 0.15) is 39.0 Å². The number of hydrogen-bond donors (Lipinski definition) is 2. The molecule has 0 aliphatic rings. The van der Waals surface area contributed by atoms with E-state index < -0.39 is 10.1 Å². The van der Waals surface area contributed by atoms with Gasteiger partial charge in [0, 0.05) is 6.04 Å². The first-order valence-electron chi connectivity index (χ1n) is 4.66. The van der Waals surface area contributed by atoms with Gasteiger partial charge in [-0.1, -0.05) is 19.8 Å². The Morgan fingerprint density at radius 3 is 2.31 bits per heavy atom. The van der Waals surface area contributed by atoms with Crippen LogP contribution in [0.3, 0.4) is 0 Å². The van der Waals surface area contributed by atoms with E-state index in [9.17, 15) is 8.42 Å². The molecule has 0 aromatic heterocycles. The molecule has 0 saturated heterocycles. The Hall–Kier alpha value is -0.130. The molecule has 4 nitrogen and oxygen atoms in total. The Balaban J connectivity index is 3.42. The first-order valence-corrected chi connectivity index (χ1v) is 6.27. The molecular weight excluding hydrogens is 190 g/mol. The molecule has 0 fully saturated rings. The molecule has 0 rings (SSSR count). The molecule has 1 atom stereocenters. The van der Waals surface area contributed by atoms with Gasteiger partial charge in [-0.15, -0.1) is 0 Å². The van der Waals surface area contributed by atoms with Crippen LogP contribution in [0.4, 0.5) is 0 Å². The summed E-state index contributed by atoms with van der Waals surface area (Å²) in [6.07, 6.45) is 4.23. The first-order chi connectivity index (χ1) is 5.95. The zero-order chi connectivity index (χ0) is 10.3. The van der Waals surface area contributed by atoms with Gasteiger partial charge in [0.15, 0.2) is 0 Å². The van der Waals surface area contributed by atoms with Crippen molar-refractivity contribution in [1.82, 2.24) is 0 Å². The molecule has 0 radical (unpaired) electrons. The summed E-state index contributed by atoms with van der Waals surface area (Å²) in [6.45, 7) is 2.09. The van der Waals surface area contributed by atoms with Crippen LogP contribution in [0, 0.1) is 0 Å². The normalized spacial score (nSPS) is 14.4. The van der Waals surface area contributed by atoms with E-state index in [1.807, 2.05) is 0 Å². The summed E-state index contributed by atoms with van der Waals surface area (Å²) in [5.41, 5.74) is 5.71. The minimum Gasteiger partial charge on any atom is -0.328 e. The zero-order valence-corrected chi connectivity index (χ0v) is 8.89. The molecule has 0 aliphatic heterocycles. The minimum atomic E-state index is -3.80. The van der Waals surface area contributed by atoms with Gasteiger partial charge in [-0.05, 0) is 19.3 Å². The van der Waals surface area contributed by atoms with Gasteiger partial charge in [0.25, 0.3) is 10.1 Å². The number of hydrogen-bond acceptors (Lipinski definition) is 3. The van der Waals surface area contributed by atoms with Gasteiger partial charge in [0.2, 0.25) is 0 Å². The summed E-state index contributed by atoms with van der Waals surface area (Å²) >= 11 is 0. The third kappa shape index (κ3) is 9.79. The maximum atomic E-state index is 10.3. The molecule has 0 spiro atoms. The monoisotopic (exact) mass is 209 g/mol. The Morgan fingerprint density at radius 1 is 1.31 bits per heavy atom. The molecule has 0 aromatic carbocycles. The van der Waals surface area contributed by atoms with Crippen molar-refractivity contribution < 1.29 is 13.0 Å². The SMILES string of the molecule is CCCCC(N)CCCS(=O)(=O)O. The molecule has 0 aromatic rings. The van der Waals surface area contributed by atoms with Crippen molar-refractivity contribution >= 4 is 10.1 Å². The van der Waals surface area contributed by atoms with Crippen LogP contribution in [-0.2, 0) is 10.1 Å². The average Bonchev–Trinajstić information content (AvgIpc) is 1.98. The smallest absolute Gasteiger partial charge is 0.264 e. The second-order valence-corrected chi connectivity index (χ2v) is 4.90. The van der Waals surface area contributed by atoms with Gasteiger partial charge >= 0.3 is 0 Å². The lowest BCUT2D eigenvalue weighted by Crippen LogP contribution is -2.20. The highest BCUT2D eigenvalue weighted by Gasteiger charge is 2.06. The van der Waals surface area contributed by atoms with E-state index in [-0.39, 0.29) is 11.8 Å². The topological polar surface area (TPSA) is 80.4 Å². The van der Waals surface area contributed by atoms with E-state index >= 15 is 0 Å². The van der Waals surface area contributed by atoms with Crippen molar-refractivity contribution in [2.75, 3.05) is 5.75 Å². The van der Waals surface area contributed by atoms with Crippen LogP contribution in [-0.4, -0.2) is 24.8 Å². The number of nitrogens with two attached hydrogens (primary N) is 1. The van der Waals surface area contributed by atoms with Crippen LogP contribution >= 0.6 is 0 Å². The van der Waals surface area contributed by atoms with Crippen LogP contribution in [0.15, 0.2) is 0 Å². The summed E-state index contributed by atoms with van der Waals surface area (Å²) in [6, 6.07) is 0.0710. The van der Waals surface area contributed by atoms with Crippen molar-refractivity contribution in [3.05, 3.63) is 0 Å². The maximum absolute atomic E-state index is 10.3. The Kier molecular flexibility index (Phi) is 6.28. The predicted octanol–water partition coefficient (Wildman–Crippen LogP) is 1.17. The summed E-state index contributed by atoms with van der Waals surface area (Å²) in [4.78, 5) is 0. The van der Waals surface area contributed by atoms with Gasteiger partial charge < -0.3 is 5.73 Å². The van der Waals surface area contributed by atoms with Gasteiger partial charge in [0.05, 0.1) is 5.75 Å². The van der Waals surface area contributed by atoms with Gasteiger partial charge in [-0.2, -0.15) is 8.42 Å². The quantitative estimate of drug-likeness (QED) is 0.617. The van der Waals surface area contributed by atoms with Gasteiger partial charge in [-0.3, -0.25) is 4.55 Å². The van der Waals surface area contributed by atoms with E-state index in [2.05, 4.69) is 6.92 Å². The van der Waals surface area contributed by atoms with Crippen molar-refractivity contribution in [3.63, 3.8) is 0 Å². The van der Waals surface area contributed by atoms with Crippen LogP contribution in [0.2, 0.25) is 0 Å². The zero-order valence-electron chi connectivity index (χ0n) is 8.07. The van der Waals surface area contributed by atoms with E-state index in [0.29, 0.717) is 12.8 Å². The first kappa shape index (κ1) is 12.9. The van der Waals surface area contributed by atoms with Crippen molar-refractivity contribution in [2.24, 2.45) is 5.73 Å². The highest BCUT2D eigenvalue weighted by atomic mass is 32.2. The lowest BCUT2D eigenvalue weighted by atomic mass is 10.1. The number of unbranched alkanes of at least 4 members (excludes halogenated alkanes) is 1. The van der Waals surface area contributed by atoms with E-state index in [1.165, 1.54) is 0 Å². The fourth-order valence-corrected chi connectivity index (χ4v) is 1.67. The number of rotatable bonds is 7. The summed E-state index contributed by atoms with van der Waals surface area (Å²) in [7, 11) is -3.80. The van der Waals surface area contributed by atoms with E-state index in [0.717, 1.165) is 19.3 Å². The van der Waals surface area contributed by atoms with Crippen molar-refractivity contribution in [2.45, 2.75) is 45.1 Å². The van der Waals surface area contributed by atoms with Gasteiger partial charge in [-0.25, -0.2) is 0 Å². The third-order valence-corrected chi connectivity index (χ3v) is 2.71. The second-order valence-electron chi connectivity index (χ2n) is 3.33. The second kappa shape index (κ2) is 6.34. The molecule has 0 saturated carbocycles. The van der Waals surface area contributed by atoms with Crippen LogP contribution in [0.25, 0.3) is 0 Å². The highest BCUT2D eigenvalue weighted by Crippen LogP contribution is 2.05. The molecule has 0 heterocycles. The van der Waals surface area contributed by atoms with Gasteiger partial charge in [0.1, 0.15) is 0 Å². The van der Waals surface area contributed by atoms with Crippen LogP contribution in [0.5, 0.6) is 0 Å². The van der Waals surface area contributed by atoms with E-state index in [4.69, 9.17) is 10.3 Å². The molecule has 13 heavy (non-hydrogen) atoms. The Bertz CT molecular complexity index is 213. The molecule has 0 amide bonds. The average molecular weight is 209 g/mol. The highest BCUT2D eigenvalue weighted by molar-refractivity contribution is 7.85. The maximum Gasteiger partial charge on any atom is 0.264 e. The molecule has 3 N–H and O–H groups in total. The largest absolute Gasteiger partial charge is 0.328 e. The molecule has 80 valence electrons. The standard InChI is InChI=1S/C8H19NO3S/c1-2-3-5-8(9)6-4-7-13(10,11)12/h8H,2-7,9H2,1H3,(H,10,11,12). The molecule has 1 unspecified atom stereocenters. The molecular formula is C8H19NO3S.